The van der Waals surface area contributed by atoms with Crippen LogP contribution in [0.5, 0.6) is 0 Å². The number of hydrogen-bond acceptors (Lipinski definition) is 5. The number of aromatic nitrogens is 4. The number of aryl methyl sites for hydroxylation is 1. The molecule has 0 saturated heterocycles. The number of hydrogen-bond donors (Lipinski definition) is 1. The highest BCUT2D eigenvalue weighted by Gasteiger charge is 2.22. The maximum absolute atomic E-state index is 12.6. The smallest absolute Gasteiger partial charge is 0.233 e. The number of thioether (sulfide) groups is 1. The van der Waals surface area contributed by atoms with Crippen LogP contribution in [0.2, 0.25) is 0 Å². The molecule has 1 amide bonds. The first-order valence-electron chi connectivity index (χ1n) is 8.96. The monoisotopic (exact) mass is 359 g/mol. The molecule has 6 nitrogen and oxygen atoms in total. The summed E-state index contributed by atoms with van der Waals surface area (Å²) in [6.07, 6.45) is 7.15. The Morgan fingerprint density at radius 3 is 2.68 bits per heavy atom. The molecule has 0 spiro atoms. The van der Waals surface area contributed by atoms with Crippen LogP contribution < -0.4 is 5.32 Å². The summed E-state index contributed by atoms with van der Waals surface area (Å²) in [5, 5.41) is 15.6. The number of para-hydroxylation sites is 1. The zero-order valence-electron chi connectivity index (χ0n) is 14.8. The predicted molar refractivity (Wildman–Crippen MR) is 98.8 cm³/mol. The Morgan fingerprint density at radius 1 is 1.24 bits per heavy atom. The van der Waals surface area contributed by atoms with Crippen LogP contribution in [0.15, 0.2) is 29.4 Å². The van der Waals surface area contributed by atoms with Crippen molar-refractivity contribution in [2.45, 2.75) is 68.8 Å². The zero-order chi connectivity index (χ0) is 17.6. The minimum atomic E-state index is -0.239. The second-order valence-electron chi connectivity index (χ2n) is 6.62. The van der Waals surface area contributed by atoms with Gasteiger partial charge in [-0.05, 0) is 48.7 Å². The minimum absolute atomic E-state index is 0.0660. The molecule has 1 heterocycles. The van der Waals surface area contributed by atoms with Gasteiger partial charge in [0.15, 0.2) is 0 Å². The van der Waals surface area contributed by atoms with Gasteiger partial charge in [-0.1, -0.05) is 55.6 Å². The summed E-state index contributed by atoms with van der Waals surface area (Å²) in [5.41, 5.74) is 2.03. The van der Waals surface area contributed by atoms with E-state index in [0.29, 0.717) is 11.2 Å². The van der Waals surface area contributed by atoms with Crippen molar-refractivity contribution in [2.75, 3.05) is 0 Å². The molecule has 1 saturated carbocycles. The van der Waals surface area contributed by atoms with Crippen molar-refractivity contribution in [3.8, 4) is 5.69 Å². The van der Waals surface area contributed by atoms with Crippen molar-refractivity contribution in [1.29, 1.82) is 0 Å². The summed E-state index contributed by atoms with van der Waals surface area (Å²) in [6.45, 7) is 3.93. The minimum Gasteiger partial charge on any atom is -0.352 e. The van der Waals surface area contributed by atoms with Gasteiger partial charge in [0.1, 0.15) is 0 Å². The molecule has 134 valence electrons. The van der Waals surface area contributed by atoms with Gasteiger partial charge in [-0.15, -0.1) is 5.10 Å². The van der Waals surface area contributed by atoms with Crippen LogP contribution >= 0.6 is 11.8 Å². The van der Waals surface area contributed by atoms with Crippen LogP contribution in [-0.4, -0.2) is 37.4 Å². The first kappa shape index (κ1) is 17.9. The predicted octanol–water partition coefficient (Wildman–Crippen LogP) is 3.29. The van der Waals surface area contributed by atoms with E-state index < -0.39 is 0 Å². The highest BCUT2D eigenvalue weighted by atomic mass is 32.2. The molecular formula is C18H25N5OS. The normalized spacial score (nSPS) is 17.0. The van der Waals surface area contributed by atoms with Crippen molar-refractivity contribution in [1.82, 2.24) is 25.5 Å². The number of nitrogens with zero attached hydrogens (tertiary/aromatic N) is 4. The average molecular weight is 359 g/mol. The molecule has 0 unspecified atom stereocenters. The van der Waals surface area contributed by atoms with Gasteiger partial charge in [0.05, 0.1) is 10.9 Å². The third-order valence-electron chi connectivity index (χ3n) is 4.64. The molecule has 25 heavy (non-hydrogen) atoms. The van der Waals surface area contributed by atoms with Crippen LogP contribution in [0.1, 0.15) is 51.0 Å². The average Bonchev–Trinajstić information content (AvgIpc) is 2.90. The Hall–Kier alpha value is -1.89. The number of amides is 1. The quantitative estimate of drug-likeness (QED) is 0.655. The second-order valence-corrected chi connectivity index (χ2v) is 7.92. The molecule has 0 bridgehead atoms. The Morgan fingerprint density at radius 2 is 1.96 bits per heavy atom. The zero-order valence-corrected chi connectivity index (χ0v) is 15.6. The van der Waals surface area contributed by atoms with E-state index in [-0.39, 0.29) is 11.2 Å². The molecule has 1 aliphatic rings. The molecule has 0 aliphatic heterocycles. The van der Waals surface area contributed by atoms with Crippen LogP contribution in [-0.2, 0) is 4.79 Å². The molecule has 1 atom stereocenters. The van der Waals surface area contributed by atoms with Gasteiger partial charge in [0, 0.05) is 6.04 Å². The van der Waals surface area contributed by atoms with Gasteiger partial charge in [-0.3, -0.25) is 4.79 Å². The van der Waals surface area contributed by atoms with Gasteiger partial charge in [0.25, 0.3) is 0 Å². The molecule has 1 aromatic carbocycles. The van der Waals surface area contributed by atoms with E-state index >= 15 is 0 Å². The lowest BCUT2D eigenvalue weighted by molar-refractivity contribution is -0.121. The number of tetrazole rings is 1. The Bertz CT molecular complexity index is 709. The molecule has 1 aliphatic carbocycles. The number of carbonyl (C=O) groups excluding carboxylic acids is 1. The SMILES string of the molecule is Cc1ccccc1-n1nnnc1S[C@@H](C)C(=O)NC1CCCCCC1. The van der Waals surface area contributed by atoms with Gasteiger partial charge < -0.3 is 5.32 Å². The van der Waals surface area contributed by atoms with E-state index in [0.717, 1.165) is 24.1 Å². The van der Waals surface area contributed by atoms with E-state index in [9.17, 15) is 4.79 Å². The van der Waals surface area contributed by atoms with Gasteiger partial charge in [0.2, 0.25) is 11.1 Å². The Labute approximate surface area is 152 Å². The van der Waals surface area contributed by atoms with Crippen LogP contribution in [0.3, 0.4) is 0 Å². The number of rotatable bonds is 5. The summed E-state index contributed by atoms with van der Waals surface area (Å²) in [4.78, 5) is 12.6. The van der Waals surface area contributed by atoms with E-state index in [4.69, 9.17) is 0 Å². The van der Waals surface area contributed by atoms with Crippen LogP contribution in [0.25, 0.3) is 5.69 Å². The van der Waals surface area contributed by atoms with Gasteiger partial charge in [-0.2, -0.15) is 4.68 Å². The van der Waals surface area contributed by atoms with Crippen molar-refractivity contribution in [3.63, 3.8) is 0 Å². The van der Waals surface area contributed by atoms with Crippen molar-refractivity contribution < 1.29 is 4.79 Å². The van der Waals surface area contributed by atoms with Crippen molar-refractivity contribution >= 4 is 17.7 Å². The van der Waals surface area contributed by atoms with E-state index in [2.05, 4.69) is 20.8 Å². The third kappa shape index (κ3) is 4.60. The number of carbonyl (C=O) groups is 1. The first-order chi connectivity index (χ1) is 12.1. The highest BCUT2D eigenvalue weighted by molar-refractivity contribution is 8.00. The first-order valence-corrected chi connectivity index (χ1v) is 9.84. The summed E-state index contributed by atoms with van der Waals surface area (Å²) in [6, 6.07) is 8.25. The van der Waals surface area contributed by atoms with Gasteiger partial charge >= 0.3 is 0 Å². The number of nitrogens with one attached hydrogen (secondary N) is 1. The molecular weight excluding hydrogens is 334 g/mol. The molecule has 3 rings (SSSR count). The molecule has 7 heteroatoms. The molecule has 1 N–H and O–H groups in total. The summed E-state index contributed by atoms with van der Waals surface area (Å²) in [7, 11) is 0. The summed E-state index contributed by atoms with van der Waals surface area (Å²) in [5.74, 6) is 0.0660. The Balaban J connectivity index is 1.65. The highest BCUT2D eigenvalue weighted by Crippen LogP contribution is 2.25. The molecule has 0 radical (unpaired) electrons. The molecule has 1 aromatic heterocycles. The van der Waals surface area contributed by atoms with Crippen LogP contribution in [0.4, 0.5) is 0 Å². The standard InChI is InChI=1S/C18H25N5OS/c1-13-9-7-8-12-16(13)23-18(20-21-22-23)25-14(2)17(24)19-15-10-5-3-4-6-11-15/h7-9,12,14-15H,3-6,10-11H2,1-2H3,(H,19,24)/t14-/m0/s1. The topological polar surface area (TPSA) is 72.7 Å². The fraction of sp³-hybridized carbons (Fsp3) is 0.556. The van der Waals surface area contributed by atoms with E-state index in [1.165, 1.54) is 37.4 Å². The summed E-state index contributed by atoms with van der Waals surface area (Å²) < 4.78 is 1.70. The lowest BCUT2D eigenvalue weighted by atomic mass is 10.1. The fourth-order valence-electron chi connectivity index (χ4n) is 3.16. The third-order valence-corrected chi connectivity index (χ3v) is 5.67. The number of benzene rings is 1. The van der Waals surface area contributed by atoms with Crippen molar-refractivity contribution in [2.24, 2.45) is 0 Å². The lowest BCUT2D eigenvalue weighted by Gasteiger charge is -2.19. The molecule has 1 fully saturated rings. The van der Waals surface area contributed by atoms with Crippen LogP contribution in [0, 0.1) is 6.92 Å². The second kappa shape index (κ2) is 8.47. The maximum Gasteiger partial charge on any atom is 0.233 e. The van der Waals surface area contributed by atoms with Crippen molar-refractivity contribution in [3.05, 3.63) is 29.8 Å². The van der Waals surface area contributed by atoms with Gasteiger partial charge in [-0.25, -0.2) is 0 Å². The van der Waals surface area contributed by atoms with E-state index in [1.54, 1.807) is 4.68 Å². The maximum atomic E-state index is 12.6. The fourth-order valence-corrected chi connectivity index (χ4v) is 3.97. The molecule has 2 aromatic rings. The van der Waals surface area contributed by atoms with E-state index in [1.807, 2.05) is 38.1 Å². The Kier molecular flexibility index (Phi) is 6.07. The summed E-state index contributed by atoms with van der Waals surface area (Å²) >= 11 is 1.40. The lowest BCUT2D eigenvalue weighted by Crippen LogP contribution is -2.39. The largest absolute Gasteiger partial charge is 0.352 e.